The van der Waals surface area contributed by atoms with Crippen molar-refractivity contribution in [2.24, 2.45) is 0 Å². The van der Waals surface area contributed by atoms with E-state index in [1.54, 1.807) is 17.9 Å². The summed E-state index contributed by atoms with van der Waals surface area (Å²) in [5.41, 5.74) is 0.897. The topological polar surface area (TPSA) is 68.8 Å². The zero-order chi connectivity index (χ0) is 21.6. The fraction of sp³-hybridized carbons (Fsp3) is 0.500. The van der Waals surface area contributed by atoms with E-state index in [1.165, 1.54) is 16.5 Å². The van der Waals surface area contributed by atoms with Crippen LogP contribution in [0.25, 0.3) is 11.0 Å². The molecule has 3 heterocycles. The third kappa shape index (κ3) is 3.78. The van der Waals surface area contributed by atoms with Gasteiger partial charge in [0.2, 0.25) is 5.91 Å². The van der Waals surface area contributed by atoms with Gasteiger partial charge in [0.1, 0.15) is 6.54 Å². The van der Waals surface area contributed by atoms with Crippen LogP contribution >= 0.6 is 0 Å². The monoisotopic (exact) mass is 420 g/mol. The maximum absolute atomic E-state index is 13.7. The Labute approximate surface area is 171 Å². The fourth-order valence-electron chi connectivity index (χ4n) is 3.65. The van der Waals surface area contributed by atoms with Crippen molar-refractivity contribution in [2.75, 3.05) is 7.05 Å². The summed E-state index contributed by atoms with van der Waals surface area (Å²) in [5, 5.41) is 8.38. The SMILES string of the molecule is CCn1nccc1CN(C)C(=O)Cn1nc(C)c2c(C(F)(F)F)cc(C3CC3)nc21. The molecular formula is C20H23F3N6O. The number of aryl methyl sites for hydroxylation is 2. The average Bonchev–Trinajstić information content (AvgIpc) is 3.37. The maximum Gasteiger partial charge on any atom is 0.417 e. The molecule has 1 aliphatic carbocycles. The normalized spacial score (nSPS) is 14.5. The Morgan fingerprint density at radius 1 is 1.30 bits per heavy atom. The summed E-state index contributed by atoms with van der Waals surface area (Å²) >= 11 is 0. The fourth-order valence-corrected chi connectivity index (χ4v) is 3.65. The molecule has 1 amide bonds. The molecule has 0 atom stereocenters. The van der Waals surface area contributed by atoms with Crippen molar-refractivity contribution in [1.29, 1.82) is 0 Å². The molecule has 0 unspecified atom stereocenters. The van der Waals surface area contributed by atoms with Gasteiger partial charge in [-0.25, -0.2) is 9.67 Å². The van der Waals surface area contributed by atoms with Crippen molar-refractivity contribution in [1.82, 2.24) is 29.4 Å². The van der Waals surface area contributed by atoms with Crippen LogP contribution in [0.5, 0.6) is 0 Å². The molecule has 0 N–H and O–H groups in total. The maximum atomic E-state index is 13.7. The van der Waals surface area contributed by atoms with E-state index in [2.05, 4.69) is 15.2 Å². The molecule has 0 saturated heterocycles. The first-order valence-corrected chi connectivity index (χ1v) is 9.89. The Balaban J connectivity index is 1.65. The zero-order valence-corrected chi connectivity index (χ0v) is 17.1. The third-order valence-corrected chi connectivity index (χ3v) is 5.41. The van der Waals surface area contributed by atoms with E-state index in [9.17, 15) is 18.0 Å². The van der Waals surface area contributed by atoms with Crippen LogP contribution in [-0.2, 0) is 30.6 Å². The number of likely N-dealkylation sites (N-methyl/N-ethyl adjacent to an activating group) is 1. The van der Waals surface area contributed by atoms with Crippen LogP contribution in [0.3, 0.4) is 0 Å². The second-order valence-corrected chi connectivity index (χ2v) is 7.70. The standard InChI is InChI=1S/C20H23F3N6O/c1-4-28-14(7-8-24-28)10-27(3)17(30)11-29-19-18(12(2)26-29)15(20(21,22)23)9-16(25-19)13-5-6-13/h7-9,13H,4-6,10-11H2,1-3H3. The lowest BCUT2D eigenvalue weighted by atomic mass is 10.1. The summed E-state index contributed by atoms with van der Waals surface area (Å²) in [5.74, 6) is -0.220. The summed E-state index contributed by atoms with van der Waals surface area (Å²) in [7, 11) is 1.65. The molecule has 4 rings (SSSR count). The molecule has 1 aliphatic rings. The van der Waals surface area contributed by atoms with Crippen LogP contribution in [0, 0.1) is 6.92 Å². The highest BCUT2D eigenvalue weighted by Gasteiger charge is 2.37. The van der Waals surface area contributed by atoms with Crippen molar-refractivity contribution < 1.29 is 18.0 Å². The molecule has 1 saturated carbocycles. The quantitative estimate of drug-likeness (QED) is 0.612. The van der Waals surface area contributed by atoms with Gasteiger partial charge in [-0.2, -0.15) is 23.4 Å². The van der Waals surface area contributed by atoms with Crippen molar-refractivity contribution in [3.8, 4) is 0 Å². The lowest BCUT2D eigenvalue weighted by Crippen LogP contribution is -2.31. The van der Waals surface area contributed by atoms with Gasteiger partial charge in [-0.15, -0.1) is 0 Å². The van der Waals surface area contributed by atoms with Crippen molar-refractivity contribution >= 4 is 16.9 Å². The Bertz CT molecular complexity index is 1100. The van der Waals surface area contributed by atoms with E-state index in [1.807, 2.05) is 13.0 Å². The summed E-state index contributed by atoms with van der Waals surface area (Å²) in [4.78, 5) is 18.8. The number of nitrogens with zero attached hydrogens (tertiary/aromatic N) is 6. The third-order valence-electron chi connectivity index (χ3n) is 5.41. The Kier molecular flexibility index (Phi) is 5.03. The van der Waals surface area contributed by atoms with E-state index in [0.717, 1.165) is 24.6 Å². The highest BCUT2D eigenvalue weighted by atomic mass is 19.4. The molecule has 7 nitrogen and oxygen atoms in total. The number of halogens is 3. The molecule has 3 aromatic rings. The smallest absolute Gasteiger partial charge is 0.338 e. The van der Waals surface area contributed by atoms with Gasteiger partial charge < -0.3 is 4.90 Å². The number of hydrogen-bond acceptors (Lipinski definition) is 4. The number of alkyl halides is 3. The van der Waals surface area contributed by atoms with Gasteiger partial charge in [0.15, 0.2) is 5.65 Å². The molecule has 30 heavy (non-hydrogen) atoms. The van der Waals surface area contributed by atoms with E-state index in [4.69, 9.17) is 0 Å². The van der Waals surface area contributed by atoms with Crippen molar-refractivity contribution in [2.45, 2.75) is 58.4 Å². The van der Waals surface area contributed by atoms with Gasteiger partial charge in [0.05, 0.1) is 28.9 Å². The van der Waals surface area contributed by atoms with Crippen LogP contribution < -0.4 is 0 Å². The molecular weight excluding hydrogens is 397 g/mol. The molecule has 0 aliphatic heterocycles. The minimum Gasteiger partial charge on any atom is -0.338 e. The number of carbonyl (C=O) groups is 1. The zero-order valence-electron chi connectivity index (χ0n) is 17.1. The Hall–Kier alpha value is -2.91. The van der Waals surface area contributed by atoms with Gasteiger partial charge in [0.25, 0.3) is 0 Å². The largest absolute Gasteiger partial charge is 0.417 e. The van der Waals surface area contributed by atoms with Crippen LogP contribution in [0.15, 0.2) is 18.3 Å². The first-order valence-electron chi connectivity index (χ1n) is 9.89. The van der Waals surface area contributed by atoms with Crippen molar-refractivity contribution in [3.05, 3.63) is 41.0 Å². The second kappa shape index (κ2) is 7.41. The molecule has 1 fully saturated rings. The summed E-state index contributed by atoms with van der Waals surface area (Å²) in [6.07, 6.45) is -1.18. The number of hydrogen-bond donors (Lipinski definition) is 0. The second-order valence-electron chi connectivity index (χ2n) is 7.70. The van der Waals surface area contributed by atoms with Gasteiger partial charge in [-0.3, -0.25) is 9.48 Å². The van der Waals surface area contributed by atoms with Gasteiger partial charge in [0, 0.05) is 31.4 Å². The van der Waals surface area contributed by atoms with E-state index in [-0.39, 0.29) is 35.1 Å². The van der Waals surface area contributed by atoms with Gasteiger partial charge in [-0.1, -0.05) is 0 Å². The summed E-state index contributed by atoms with van der Waals surface area (Å²) < 4.78 is 44.2. The summed E-state index contributed by atoms with van der Waals surface area (Å²) in [6.45, 7) is 4.32. The minimum absolute atomic E-state index is 0.0357. The predicted octanol–water partition coefficient (Wildman–Crippen LogP) is 3.51. The highest BCUT2D eigenvalue weighted by molar-refractivity contribution is 5.85. The number of pyridine rings is 1. The molecule has 160 valence electrons. The summed E-state index contributed by atoms with van der Waals surface area (Å²) in [6, 6.07) is 2.97. The molecule has 3 aromatic heterocycles. The van der Waals surface area contributed by atoms with E-state index in [0.29, 0.717) is 18.8 Å². The number of amides is 1. The molecule has 0 spiro atoms. The lowest BCUT2D eigenvalue weighted by molar-refractivity contribution is -0.136. The molecule has 10 heteroatoms. The van der Waals surface area contributed by atoms with Crippen molar-refractivity contribution in [3.63, 3.8) is 0 Å². The molecule has 0 aromatic carbocycles. The van der Waals surface area contributed by atoms with Crippen LogP contribution in [0.1, 0.15) is 48.3 Å². The Morgan fingerprint density at radius 3 is 2.67 bits per heavy atom. The van der Waals surface area contributed by atoms with Crippen LogP contribution in [0.2, 0.25) is 0 Å². The van der Waals surface area contributed by atoms with Crippen LogP contribution in [-0.4, -0.2) is 42.4 Å². The van der Waals surface area contributed by atoms with Crippen LogP contribution in [0.4, 0.5) is 13.2 Å². The Morgan fingerprint density at radius 2 is 2.03 bits per heavy atom. The van der Waals surface area contributed by atoms with Gasteiger partial charge >= 0.3 is 6.18 Å². The highest BCUT2D eigenvalue weighted by Crippen LogP contribution is 2.43. The number of carbonyl (C=O) groups excluding carboxylic acids is 1. The number of aromatic nitrogens is 5. The number of rotatable bonds is 6. The first kappa shape index (κ1) is 20.4. The average molecular weight is 420 g/mol. The number of fused-ring (bicyclic) bond motifs is 1. The molecule has 0 radical (unpaired) electrons. The predicted molar refractivity (Wildman–Crippen MR) is 104 cm³/mol. The minimum atomic E-state index is -4.51. The lowest BCUT2D eigenvalue weighted by Gasteiger charge is -2.18. The van der Waals surface area contributed by atoms with E-state index < -0.39 is 11.7 Å². The van der Waals surface area contributed by atoms with Gasteiger partial charge in [-0.05, 0) is 38.8 Å². The van der Waals surface area contributed by atoms with E-state index >= 15 is 0 Å². The first-order chi connectivity index (χ1) is 14.2. The molecule has 0 bridgehead atoms.